The molecule has 1 saturated heterocycles. The van der Waals surface area contributed by atoms with Crippen LogP contribution >= 0.6 is 0 Å². The maximum atomic E-state index is 13.1. The summed E-state index contributed by atoms with van der Waals surface area (Å²) in [5, 5.41) is 10.4. The van der Waals surface area contributed by atoms with Crippen molar-refractivity contribution in [2.24, 2.45) is 0 Å². The van der Waals surface area contributed by atoms with Gasteiger partial charge in [-0.05, 0) is 42.0 Å². The predicted molar refractivity (Wildman–Crippen MR) is 117 cm³/mol. The number of halogens is 1. The summed E-state index contributed by atoms with van der Waals surface area (Å²) in [6, 6.07) is 10.2. The van der Waals surface area contributed by atoms with Gasteiger partial charge in [0.05, 0.1) is 40.6 Å². The molecule has 1 atom stereocenters. The Labute approximate surface area is 182 Å². The minimum Gasteiger partial charge on any atom is -0.493 e. The molecular formula is C23H31FN2O5. The molecule has 8 heteroatoms. The van der Waals surface area contributed by atoms with E-state index in [0.29, 0.717) is 30.4 Å². The van der Waals surface area contributed by atoms with Crippen molar-refractivity contribution in [2.75, 3.05) is 65.6 Å². The van der Waals surface area contributed by atoms with Gasteiger partial charge in [-0.1, -0.05) is 0 Å². The SMILES string of the molecule is COc1cc(COC[C@@H](O)CN2CCN(c3ccc(F)cc3)CC2)cc(OC)c1OC. The van der Waals surface area contributed by atoms with Gasteiger partial charge in [-0.2, -0.15) is 0 Å². The highest BCUT2D eigenvalue weighted by molar-refractivity contribution is 5.53. The predicted octanol–water partition coefficient (Wildman–Crippen LogP) is 2.55. The van der Waals surface area contributed by atoms with Crippen LogP contribution in [0.5, 0.6) is 17.2 Å². The van der Waals surface area contributed by atoms with E-state index in [1.165, 1.54) is 12.1 Å². The van der Waals surface area contributed by atoms with Crippen molar-refractivity contribution in [1.82, 2.24) is 4.90 Å². The van der Waals surface area contributed by atoms with E-state index in [-0.39, 0.29) is 12.4 Å². The highest BCUT2D eigenvalue weighted by Gasteiger charge is 2.20. The lowest BCUT2D eigenvalue weighted by Gasteiger charge is -2.36. The first kappa shape index (κ1) is 23.1. The Morgan fingerprint density at radius 2 is 1.55 bits per heavy atom. The van der Waals surface area contributed by atoms with Gasteiger partial charge in [-0.3, -0.25) is 4.90 Å². The fraction of sp³-hybridized carbons (Fsp3) is 0.478. The number of piperazine rings is 1. The van der Waals surface area contributed by atoms with Crippen LogP contribution < -0.4 is 19.1 Å². The number of hydrogen-bond donors (Lipinski definition) is 1. The molecule has 0 spiro atoms. The van der Waals surface area contributed by atoms with Crippen LogP contribution in [-0.2, 0) is 11.3 Å². The van der Waals surface area contributed by atoms with Crippen molar-refractivity contribution in [1.29, 1.82) is 0 Å². The second kappa shape index (κ2) is 11.2. The molecule has 1 aliphatic rings. The summed E-state index contributed by atoms with van der Waals surface area (Å²) in [4.78, 5) is 4.44. The minimum atomic E-state index is -0.584. The molecule has 0 saturated carbocycles. The van der Waals surface area contributed by atoms with Crippen LogP contribution in [-0.4, -0.2) is 76.8 Å². The van der Waals surface area contributed by atoms with Gasteiger partial charge in [-0.25, -0.2) is 4.39 Å². The maximum absolute atomic E-state index is 13.1. The lowest BCUT2D eigenvalue weighted by atomic mass is 10.2. The topological polar surface area (TPSA) is 63.6 Å². The molecule has 0 radical (unpaired) electrons. The summed E-state index contributed by atoms with van der Waals surface area (Å²) in [7, 11) is 4.70. The molecule has 0 aromatic heterocycles. The van der Waals surface area contributed by atoms with Crippen molar-refractivity contribution < 1.29 is 28.4 Å². The fourth-order valence-corrected chi connectivity index (χ4v) is 3.72. The maximum Gasteiger partial charge on any atom is 0.203 e. The number of aliphatic hydroxyl groups is 1. The molecule has 1 aliphatic heterocycles. The molecule has 170 valence electrons. The Kier molecular flexibility index (Phi) is 8.34. The highest BCUT2D eigenvalue weighted by Crippen LogP contribution is 2.38. The smallest absolute Gasteiger partial charge is 0.203 e. The van der Waals surface area contributed by atoms with Crippen molar-refractivity contribution in [3.8, 4) is 17.2 Å². The highest BCUT2D eigenvalue weighted by atomic mass is 19.1. The lowest BCUT2D eigenvalue weighted by molar-refractivity contribution is 0.00905. The number of ether oxygens (including phenoxy) is 4. The molecular weight excluding hydrogens is 403 g/mol. The van der Waals surface area contributed by atoms with E-state index in [1.807, 2.05) is 12.1 Å². The van der Waals surface area contributed by atoms with Crippen molar-refractivity contribution in [3.63, 3.8) is 0 Å². The van der Waals surface area contributed by atoms with Crippen molar-refractivity contribution >= 4 is 5.69 Å². The number of nitrogens with zero attached hydrogens (tertiary/aromatic N) is 2. The summed E-state index contributed by atoms with van der Waals surface area (Å²) in [5.41, 5.74) is 1.89. The van der Waals surface area contributed by atoms with Crippen molar-refractivity contribution in [3.05, 3.63) is 47.8 Å². The van der Waals surface area contributed by atoms with E-state index < -0.39 is 6.10 Å². The van der Waals surface area contributed by atoms with Crippen LogP contribution in [0.2, 0.25) is 0 Å². The molecule has 0 bridgehead atoms. The molecule has 0 unspecified atom stereocenters. The number of methoxy groups -OCH3 is 3. The summed E-state index contributed by atoms with van der Waals surface area (Å²) in [6.07, 6.45) is -0.584. The summed E-state index contributed by atoms with van der Waals surface area (Å²) < 4.78 is 34.9. The summed E-state index contributed by atoms with van der Waals surface area (Å²) in [6.45, 7) is 4.45. The molecule has 0 aliphatic carbocycles. The number of hydrogen-bond acceptors (Lipinski definition) is 7. The third kappa shape index (κ3) is 6.22. The van der Waals surface area contributed by atoms with E-state index in [1.54, 1.807) is 33.5 Å². The molecule has 1 heterocycles. The van der Waals surface area contributed by atoms with Crippen LogP contribution in [0.1, 0.15) is 5.56 Å². The van der Waals surface area contributed by atoms with Crippen molar-refractivity contribution in [2.45, 2.75) is 12.7 Å². The van der Waals surface area contributed by atoms with E-state index in [9.17, 15) is 9.50 Å². The summed E-state index contributed by atoms with van der Waals surface area (Å²) >= 11 is 0. The number of anilines is 1. The number of β-amino-alcohol motifs (C(OH)–C–C–N with tert-alkyl or cyclic N) is 1. The van der Waals surface area contributed by atoms with Crippen LogP contribution in [0.4, 0.5) is 10.1 Å². The molecule has 3 rings (SSSR count). The molecule has 2 aromatic rings. The van der Waals surface area contributed by atoms with Crippen LogP contribution in [0.15, 0.2) is 36.4 Å². The zero-order valence-corrected chi connectivity index (χ0v) is 18.3. The van der Waals surface area contributed by atoms with Gasteiger partial charge in [0, 0.05) is 38.4 Å². The second-order valence-corrected chi connectivity index (χ2v) is 7.47. The standard InChI is InChI=1S/C23H31FN2O5/c1-28-21-12-17(13-22(29-2)23(21)30-3)15-31-16-20(27)14-25-8-10-26(11-9-25)19-6-4-18(24)5-7-19/h4-7,12-13,20,27H,8-11,14-16H2,1-3H3/t20-/m0/s1. The van der Waals surface area contributed by atoms with Gasteiger partial charge in [-0.15, -0.1) is 0 Å². The third-order valence-corrected chi connectivity index (χ3v) is 5.34. The van der Waals surface area contributed by atoms with Crippen LogP contribution in [0.3, 0.4) is 0 Å². The van der Waals surface area contributed by atoms with Gasteiger partial charge in [0.1, 0.15) is 5.82 Å². The minimum absolute atomic E-state index is 0.225. The molecule has 2 aromatic carbocycles. The van der Waals surface area contributed by atoms with E-state index in [0.717, 1.165) is 37.4 Å². The number of rotatable bonds is 10. The van der Waals surface area contributed by atoms with E-state index in [4.69, 9.17) is 18.9 Å². The zero-order chi connectivity index (χ0) is 22.2. The van der Waals surface area contributed by atoms with Gasteiger partial charge < -0.3 is 29.0 Å². The average Bonchev–Trinajstić information content (AvgIpc) is 2.79. The Hall–Kier alpha value is -2.55. The Morgan fingerprint density at radius 3 is 2.10 bits per heavy atom. The Balaban J connectivity index is 1.43. The molecule has 1 N–H and O–H groups in total. The monoisotopic (exact) mass is 434 g/mol. The molecule has 0 amide bonds. The second-order valence-electron chi connectivity index (χ2n) is 7.47. The lowest BCUT2D eigenvalue weighted by Crippen LogP contribution is -2.49. The normalized spacial score (nSPS) is 15.6. The largest absolute Gasteiger partial charge is 0.493 e. The molecule has 31 heavy (non-hydrogen) atoms. The van der Waals surface area contributed by atoms with E-state index in [2.05, 4.69) is 9.80 Å². The first-order chi connectivity index (χ1) is 15.0. The zero-order valence-electron chi connectivity index (χ0n) is 18.3. The average molecular weight is 435 g/mol. The van der Waals surface area contributed by atoms with Gasteiger partial charge in [0.15, 0.2) is 11.5 Å². The first-order valence-electron chi connectivity index (χ1n) is 10.3. The fourth-order valence-electron chi connectivity index (χ4n) is 3.72. The Morgan fingerprint density at radius 1 is 0.935 bits per heavy atom. The van der Waals surface area contributed by atoms with E-state index >= 15 is 0 Å². The van der Waals surface area contributed by atoms with Gasteiger partial charge >= 0.3 is 0 Å². The van der Waals surface area contributed by atoms with Crippen LogP contribution in [0, 0.1) is 5.82 Å². The van der Waals surface area contributed by atoms with Gasteiger partial charge in [0.2, 0.25) is 5.75 Å². The Bertz CT molecular complexity index is 800. The molecule has 7 nitrogen and oxygen atoms in total. The number of aliphatic hydroxyl groups excluding tert-OH is 1. The first-order valence-corrected chi connectivity index (χ1v) is 10.3. The number of benzene rings is 2. The third-order valence-electron chi connectivity index (χ3n) is 5.34. The van der Waals surface area contributed by atoms with Crippen LogP contribution in [0.25, 0.3) is 0 Å². The quantitative estimate of drug-likeness (QED) is 0.617. The molecule has 1 fully saturated rings. The summed E-state index contributed by atoms with van der Waals surface area (Å²) in [5.74, 6) is 1.45. The van der Waals surface area contributed by atoms with Gasteiger partial charge in [0.25, 0.3) is 0 Å².